The number of halogens is 2. The molecule has 134 valence electrons. The topological polar surface area (TPSA) is 55.4 Å². The smallest absolute Gasteiger partial charge is 0.319 e. The van der Waals surface area contributed by atoms with Crippen LogP contribution in [0.1, 0.15) is 34.6 Å². The summed E-state index contributed by atoms with van der Waals surface area (Å²) in [4.78, 5) is 24.4. The lowest BCUT2D eigenvalue weighted by Gasteiger charge is -2.17. The summed E-state index contributed by atoms with van der Waals surface area (Å²) in [6, 6.07) is 2.58. The number of rotatable bonds is 7. The number of benzene rings is 1. The van der Waals surface area contributed by atoms with Crippen LogP contribution in [0.3, 0.4) is 0 Å². The molecule has 1 aromatic carbocycles. The molecule has 1 aromatic rings. The third-order valence-electron chi connectivity index (χ3n) is 3.62. The molecule has 0 spiro atoms. The predicted octanol–water partition coefficient (Wildman–Crippen LogP) is 4.75. The predicted molar refractivity (Wildman–Crippen MR) is 96.0 cm³/mol. The van der Waals surface area contributed by atoms with Gasteiger partial charge in [0.2, 0.25) is 5.91 Å². The van der Waals surface area contributed by atoms with Crippen molar-refractivity contribution in [2.24, 2.45) is 11.8 Å². The maximum Gasteiger partial charge on any atom is 0.319 e. The molecule has 0 bridgehead atoms. The lowest BCUT2D eigenvalue weighted by atomic mass is 9.97. The third-order valence-corrected chi connectivity index (χ3v) is 5.18. The summed E-state index contributed by atoms with van der Waals surface area (Å²) in [5.74, 6) is -1.37. The van der Waals surface area contributed by atoms with Crippen molar-refractivity contribution < 1.29 is 18.7 Å². The highest BCUT2D eigenvalue weighted by atomic mass is 35.5. The minimum Gasteiger partial charge on any atom is -0.465 e. The Morgan fingerprint density at radius 2 is 1.92 bits per heavy atom. The number of carbonyl (C=O) groups is 2. The number of esters is 1. The summed E-state index contributed by atoms with van der Waals surface area (Å²) in [5.41, 5.74) is 0.0514. The first-order valence-corrected chi connectivity index (χ1v) is 9.06. The van der Waals surface area contributed by atoms with E-state index in [9.17, 15) is 14.0 Å². The fourth-order valence-electron chi connectivity index (χ4n) is 1.76. The highest BCUT2D eigenvalue weighted by Gasteiger charge is 2.21. The van der Waals surface area contributed by atoms with E-state index in [1.165, 1.54) is 6.07 Å². The number of ether oxygens (including phenoxy) is 1. The Bertz CT molecular complexity index is 610. The zero-order chi connectivity index (χ0) is 18.4. The van der Waals surface area contributed by atoms with Gasteiger partial charge in [0.1, 0.15) is 11.1 Å². The molecule has 1 rings (SSSR count). The zero-order valence-corrected chi connectivity index (χ0v) is 16.1. The van der Waals surface area contributed by atoms with Gasteiger partial charge in [0.25, 0.3) is 0 Å². The molecule has 0 aromatic heterocycles. The molecule has 0 radical (unpaired) electrons. The molecule has 0 fully saturated rings. The van der Waals surface area contributed by atoms with Crippen LogP contribution in [0.2, 0.25) is 5.02 Å². The Balaban J connectivity index is 2.96. The SMILES string of the molecule is CCOC(=O)C(C)Sc1cc(NC(=O)C(C)C(C)C)c(F)cc1Cl. The summed E-state index contributed by atoms with van der Waals surface area (Å²) >= 11 is 7.21. The molecule has 1 N–H and O–H groups in total. The van der Waals surface area contributed by atoms with Crippen LogP contribution >= 0.6 is 23.4 Å². The summed E-state index contributed by atoms with van der Waals surface area (Å²) in [6.45, 7) is 9.32. The molecular formula is C17H23ClFNO3S. The summed E-state index contributed by atoms with van der Waals surface area (Å²) in [5, 5.41) is 2.27. The summed E-state index contributed by atoms with van der Waals surface area (Å²) in [6.07, 6.45) is 0. The number of hydrogen-bond acceptors (Lipinski definition) is 4. The van der Waals surface area contributed by atoms with E-state index >= 15 is 0 Å². The second-order valence-corrected chi connectivity index (χ2v) is 7.59. The zero-order valence-electron chi connectivity index (χ0n) is 14.5. The van der Waals surface area contributed by atoms with Crippen molar-refractivity contribution >= 4 is 40.9 Å². The average molecular weight is 376 g/mol. The van der Waals surface area contributed by atoms with E-state index in [2.05, 4.69) is 5.32 Å². The van der Waals surface area contributed by atoms with Crippen molar-refractivity contribution in [3.8, 4) is 0 Å². The van der Waals surface area contributed by atoms with Crippen LogP contribution in [0.5, 0.6) is 0 Å². The number of hydrogen-bond donors (Lipinski definition) is 1. The van der Waals surface area contributed by atoms with E-state index in [-0.39, 0.29) is 41.0 Å². The number of carbonyl (C=O) groups excluding carboxylic acids is 2. The van der Waals surface area contributed by atoms with Crippen molar-refractivity contribution in [1.82, 2.24) is 0 Å². The minimum absolute atomic E-state index is 0.0514. The van der Waals surface area contributed by atoms with Gasteiger partial charge >= 0.3 is 5.97 Å². The second-order valence-electron chi connectivity index (χ2n) is 5.80. The lowest BCUT2D eigenvalue weighted by molar-refractivity contribution is -0.142. The Kier molecular flexibility index (Phi) is 8.03. The van der Waals surface area contributed by atoms with Gasteiger partial charge < -0.3 is 10.1 Å². The highest BCUT2D eigenvalue weighted by molar-refractivity contribution is 8.00. The van der Waals surface area contributed by atoms with Crippen molar-refractivity contribution in [2.75, 3.05) is 11.9 Å². The Morgan fingerprint density at radius 3 is 2.46 bits per heavy atom. The molecule has 0 aliphatic carbocycles. The van der Waals surface area contributed by atoms with E-state index < -0.39 is 11.1 Å². The first-order valence-electron chi connectivity index (χ1n) is 7.80. The maximum absolute atomic E-state index is 14.1. The van der Waals surface area contributed by atoms with Gasteiger partial charge in [0.05, 0.1) is 17.3 Å². The first kappa shape index (κ1) is 20.8. The van der Waals surface area contributed by atoms with Gasteiger partial charge in [-0.15, -0.1) is 11.8 Å². The summed E-state index contributed by atoms with van der Waals surface area (Å²) in [7, 11) is 0. The van der Waals surface area contributed by atoms with E-state index in [1.54, 1.807) is 20.8 Å². The number of thioether (sulfide) groups is 1. The van der Waals surface area contributed by atoms with E-state index in [1.807, 2.05) is 13.8 Å². The van der Waals surface area contributed by atoms with Gasteiger partial charge in [-0.25, -0.2) is 4.39 Å². The Morgan fingerprint density at radius 1 is 1.29 bits per heavy atom. The van der Waals surface area contributed by atoms with Crippen molar-refractivity contribution in [2.45, 2.75) is 44.8 Å². The standard InChI is InChI=1S/C17H23ClFNO3S/c1-6-23-17(22)11(5)24-15-8-14(13(19)7-12(15)18)20-16(21)10(4)9(2)3/h7-11H,6H2,1-5H3,(H,20,21). The molecule has 4 nitrogen and oxygen atoms in total. The van der Waals surface area contributed by atoms with Crippen LogP contribution in [0, 0.1) is 17.7 Å². The van der Waals surface area contributed by atoms with Crippen LogP contribution in [0.4, 0.5) is 10.1 Å². The Labute approximate surface area is 151 Å². The van der Waals surface area contributed by atoms with Crippen LogP contribution in [0.15, 0.2) is 17.0 Å². The van der Waals surface area contributed by atoms with Gasteiger partial charge in [-0.1, -0.05) is 32.4 Å². The number of anilines is 1. The molecule has 0 aliphatic rings. The van der Waals surface area contributed by atoms with Gasteiger partial charge in [0, 0.05) is 10.8 Å². The lowest BCUT2D eigenvalue weighted by Crippen LogP contribution is -2.24. The molecule has 2 atom stereocenters. The molecule has 2 unspecified atom stereocenters. The van der Waals surface area contributed by atoms with E-state index in [0.717, 1.165) is 17.8 Å². The molecule has 0 saturated carbocycles. The number of amides is 1. The van der Waals surface area contributed by atoms with Crippen LogP contribution in [0.25, 0.3) is 0 Å². The second kappa shape index (κ2) is 9.28. The average Bonchev–Trinajstić information content (AvgIpc) is 2.50. The van der Waals surface area contributed by atoms with Crippen LogP contribution in [-0.2, 0) is 14.3 Å². The van der Waals surface area contributed by atoms with Crippen molar-refractivity contribution in [3.63, 3.8) is 0 Å². The maximum atomic E-state index is 14.1. The molecule has 0 heterocycles. The molecule has 1 amide bonds. The quantitative estimate of drug-likeness (QED) is 0.551. The van der Waals surface area contributed by atoms with Gasteiger partial charge in [-0.3, -0.25) is 9.59 Å². The fraction of sp³-hybridized carbons (Fsp3) is 0.529. The first-order chi connectivity index (χ1) is 11.2. The fourth-order valence-corrected chi connectivity index (χ4v) is 2.95. The Hall–Kier alpha value is -1.27. The third kappa shape index (κ3) is 5.67. The molecular weight excluding hydrogens is 353 g/mol. The van der Waals surface area contributed by atoms with E-state index in [0.29, 0.717) is 4.90 Å². The molecule has 0 saturated heterocycles. The van der Waals surface area contributed by atoms with Crippen molar-refractivity contribution in [1.29, 1.82) is 0 Å². The van der Waals surface area contributed by atoms with Gasteiger partial charge in [-0.2, -0.15) is 0 Å². The monoisotopic (exact) mass is 375 g/mol. The molecule has 0 aliphatic heterocycles. The highest BCUT2D eigenvalue weighted by Crippen LogP contribution is 2.35. The van der Waals surface area contributed by atoms with Crippen LogP contribution in [-0.4, -0.2) is 23.7 Å². The largest absolute Gasteiger partial charge is 0.465 e. The molecule has 7 heteroatoms. The molecule has 24 heavy (non-hydrogen) atoms. The van der Waals surface area contributed by atoms with Crippen molar-refractivity contribution in [3.05, 3.63) is 23.0 Å². The van der Waals surface area contributed by atoms with Gasteiger partial charge in [-0.05, 0) is 31.9 Å². The van der Waals surface area contributed by atoms with Crippen LogP contribution < -0.4 is 5.32 Å². The normalized spacial score (nSPS) is 13.5. The summed E-state index contributed by atoms with van der Waals surface area (Å²) < 4.78 is 19.0. The minimum atomic E-state index is -0.613. The van der Waals surface area contributed by atoms with E-state index in [4.69, 9.17) is 16.3 Å². The number of nitrogens with one attached hydrogen (secondary N) is 1. The van der Waals surface area contributed by atoms with Gasteiger partial charge in [0.15, 0.2) is 0 Å².